The monoisotopic (exact) mass is 458 g/mol. The molecule has 0 aliphatic heterocycles. The second-order valence-corrected chi connectivity index (χ2v) is 9.31. The van der Waals surface area contributed by atoms with Gasteiger partial charge in [0.2, 0.25) is 5.91 Å². The normalized spacial score (nSPS) is 11.1. The van der Waals surface area contributed by atoms with Crippen LogP contribution in [0.2, 0.25) is 5.02 Å². The molecule has 0 heterocycles. The van der Waals surface area contributed by atoms with Crippen molar-refractivity contribution in [3.63, 3.8) is 0 Å². The van der Waals surface area contributed by atoms with Gasteiger partial charge >= 0.3 is 0 Å². The van der Waals surface area contributed by atoms with Crippen molar-refractivity contribution >= 4 is 38.9 Å². The van der Waals surface area contributed by atoms with Gasteiger partial charge in [-0.1, -0.05) is 23.7 Å². The molecular formula is C23H23ClN2O4S. The summed E-state index contributed by atoms with van der Waals surface area (Å²) in [5, 5.41) is 3.15. The molecule has 0 unspecified atom stereocenters. The lowest BCUT2D eigenvalue weighted by atomic mass is 10.1. The molecule has 0 aliphatic rings. The van der Waals surface area contributed by atoms with Crippen LogP contribution in [0.25, 0.3) is 0 Å². The van der Waals surface area contributed by atoms with Gasteiger partial charge in [-0.3, -0.25) is 9.10 Å². The molecule has 0 bridgehead atoms. The largest absolute Gasteiger partial charge is 0.497 e. The van der Waals surface area contributed by atoms with Crippen molar-refractivity contribution in [2.45, 2.75) is 18.7 Å². The zero-order valence-corrected chi connectivity index (χ0v) is 19.0. The molecule has 0 saturated heterocycles. The molecule has 0 atom stereocenters. The van der Waals surface area contributed by atoms with E-state index in [1.807, 2.05) is 19.9 Å². The lowest BCUT2D eigenvalue weighted by Gasteiger charge is -2.25. The first-order valence-electron chi connectivity index (χ1n) is 9.50. The van der Waals surface area contributed by atoms with Gasteiger partial charge in [-0.15, -0.1) is 0 Å². The van der Waals surface area contributed by atoms with Crippen molar-refractivity contribution < 1.29 is 17.9 Å². The molecule has 8 heteroatoms. The van der Waals surface area contributed by atoms with Crippen molar-refractivity contribution in [1.29, 1.82) is 0 Å². The maximum absolute atomic E-state index is 13.4. The zero-order valence-electron chi connectivity index (χ0n) is 17.4. The number of sulfonamides is 1. The molecule has 0 aromatic heterocycles. The Labute approximate surface area is 187 Å². The van der Waals surface area contributed by atoms with Crippen molar-refractivity contribution in [2.24, 2.45) is 0 Å². The maximum Gasteiger partial charge on any atom is 0.264 e. The fourth-order valence-corrected chi connectivity index (χ4v) is 4.50. The standard InChI is InChI=1S/C23H23ClN2O4S/c1-16-7-10-20(13-17(16)2)26(31(28,29)22-11-8-18(24)9-12-22)15-23(27)25-19-5-4-6-21(14-19)30-3/h4-14H,15H2,1-3H3,(H,25,27). The Morgan fingerprint density at radius 2 is 1.71 bits per heavy atom. The molecule has 0 saturated carbocycles. The Morgan fingerprint density at radius 3 is 2.35 bits per heavy atom. The van der Waals surface area contributed by atoms with Gasteiger partial charge in [-0.05, 0) is 73.5 Å². The first-order chi connectivity index (χ1) is 14.7. The Balaban J connectivity index is 1.96. The minimum absolute atomic E-state index is 0.0457. The second kappa shape index (κ2) is 9.41. The molecule has 0 fully saturated rings. The lowest BCUT2D eigenvalue weighted by molar-refractivity contribution is -0.114. The van der Waals surface area contributed by atoms with E-state index in [4.69, 9.17) is 16.3 Å². The van der Waals surface area contributed by atoms with Gasteiger partial charge in [-0.2, -0.15) is 0 Å². The van der Waals surface area contributed by atoms with Crippen LogP contribution in [-0.4, -0.2) is 28.0 Å². The number of amides is 1. The van der Waals surface area contributed by atoms with E-state index in [9.17, 15) is 13.2 Å². The molecule has 3 aromatic carbocycles. The van der Waals surface area contributed by atoms with E-state index in [-0.39, 0.29) is 4.90 Å². The van der Waals surface area contributed by atoms with Crippen LogP contribution in [0.5, 0.6) is 5.75 Å². The summed E-state index contributed by atoms with van der Waals surface area (Å²) in [5.41, 5.74) is 2.85. The summed E-state index contributed by atoms with van der Waals surface area (Å²) < 4.78 is 33.1. The fourth-order valence-electron chi connectivity index (χ4n) is 2.96. The van der Waals surface area contributed by atoms with E-state index >= 15 is 0 Å². The van der Waals surface area contributed by atoms with Crippen LogP contribution in [0.15, 0.2) is 71.6 Å². The summed E-state index contributed by atoms with van der Waals surface area (Å²) >= 11 is 5.91. The van der Waals surface area contributed by atoms with E-state index < -0.39 is 22.5 Å². The number of anilines is 2. The number of benzene rings is 3. The molecule has 6 nitrogen and oxygen atoms in total. The first-order valence-corrected chi connectivity index (χ1v) is 11.3. The topological polar surface area (TPSA) is 75.7 Å². The van der Waals surface area contributed by atoms with Crippen LogP contribution in [0.1, 0.15) is 11.1 Å². The fraction of sp³-hybridized carbons (Fsp3) is 0.174. The Morgan fingerprint density at radius 1 is 1.00 bits per heavy atom. The second-order valence-electron chi connectivity index (χ2n) is 7.01. The van der Waals surface area contributed by atoms with Gasteiger partial charge in [0, 0.05) is 16.8 Å². The summed E-state index contributed by atoms with van der Waals surface area (Å²) in [5.74, 6) is 0.0987. The molecule has 162 valence electrons. The molecule has 0 spiro atoms. The highest BCUT2D eigenvalue weighted by atomic mass is 35.5. The minimum atomic E-state index is -4.01. The first kappa shape index (κ1) is 22.7. The number of carbonyl (C=O) groups is 1. The van der Waals surface area contributed by atoms with Crippen molar-refractivity contribution in [3.05, 3.63) is 82.9 Å². The van der Waals surface area contributed by atoms with Crippen LogP contribution in [-0.2, 0) is 14.8 Å². The molecule has 3 rings (SSSR count). The molecule has 31 heavy (non-hydrogen) atoms. The van der Waals surface area contributed by atoms with Gasteiger partial charge in [-0.25, -0.2) is 8.42 Å². The third kappa shape index (κ3) is 5.37. The van der Waals surface area contributed by atoms with Crippen molar-refractivity contribution in [3.8, 4) is 5.75 Å². The van der Waals surface area contributed by atoms with Gasteiger partial charge in [0.15, 0.2) is 0 Å². The summed E-state index contributed by atoms with van der Waals surface area (Å²) in [7, 11) is -2.48. The summed E-state index contributed by atoms with van der Waals surface area (Å²) in [6.45, 7) is 3.43. The van der Waals surface area contributed by atoms with Gasteiger partial charge < -0.3 is 10.1 Å². The van der Waals surface area contributed by atoms with Gasteiger partial charge in [0.1, 0.15) is 12.3 Å². The van der Waals surface area contributed by atoms with Crippen molar-refractivity contribution in [1.82, 2.24) is 0 Å². The summed E-state index contributed by atoms with van der Waals surface area (Å²) in [6, 6.07) is 18.0. The third-order valence-corrected chi connectivity index (χ3v) is 6.86. The minimum Gasteiger partial charge on any atom is -0.497 e. The number of hydrogen-bond donors (Lipinski definition) is 1. The number of carbonyl (C=O) groups excluding carboxylic acids is 1. The predicted molar refractivity (Wildman–Crippen MR) is 124 cm³/mol. The van der Waals surface area contributed by atoms with E-state index in [0.29, 0.717) is 22.1 Å². The van der Waals surface area contributed by atoms with Crippen molar-refractivity contribution in [2.75, 3.05) is 23.3 Å². The number of nitrogens with zero attached hydrogens (tertiary/aromatic N) is 1. The highest BCUT2D eigenvalue weighted by molar-refractivity contribution is 7.92. The highest BCUT2D eigenvalue weighted by Gasteiger charge is 2.27. The molecule has 0 aliphatic carbocycles. The van der Waals surface area contributed by atoms with Crippen LogP contribution in [0.3, 0.4) is 0 Å². The number of rotatable bonds is 7. The van der Waals surface area contributed by atoms with Gasteiger partial charge in [0.25, 0.3) is 10.0 Å². The Kier molecular flexibility index (Phi) is 6.87. The average Bonchev–Trinajstić information content (AvgIpc) is 2.74. The number of aryl methyl sites for hydroxylation is 2. The number of ether oxygens (including phenoxy) is 1. The van der Waals surface area contributed by atoms with E-state index in [1.54, 1.807) is 36.4 Å². The van der Waals surface area contributed by atoms with E-state index in [1.165, 1.54) is 31.4 Å². The number of halogens is 1. The predicted octanol–water partition coefficient (Wildman–Crippen LogP) is 4.80. The lowest BCUT2D eigenvalue weighted by Crippen LogP contribution is -2.38. The number of nitrogens with one attached hydrogen (secondary N) is 1. The van der Waals surface area contributed by atoms with E-state index in [0.717, 1.165) is 15.4 Å². The molecule has 1 amide bonds. The third-order valence-electron chi connectivity index (χ3n) is 4.82. The van der Waals surface area contributed by atoms with Gasteiger partial charge in [0.05, 0.1) is 17.7 Å². The van der Waals surface area contributed by atoms with E-state index in [2.05, 4.69) is 5.32 Å². The quantitative estimate of drug-likeness (QED) is 0.551. The smallest absolute Gasteiger partial charge is 0.264 e. The Bertz CT molecular complexity index is 1190. The summed E-state index contributed by atoms with van der Waals surface area (Å²) in [6.07, 6.45) is 0. The average molecular weight is 459 g/mol. The zero-order chi connectivity index (χ0) is 22.6. The maximum atomic E-state index is 13.4. The summed E-state index contributed by atoms with van der Waals surface area (Å²) in [4.78, 5) is 12.8. The van der Waals surface area contributed by atoms with Crippen LogP contribution < -0.4 is 14.4 Å². The number of methoxy groups -OCH3 is 1. The molecule has 3 aromatic rings. The SMILES string of the molecule is COc1cccc(NC(=O)CN(c2ccc(C)c(C)c2)S(=O)(=O)c2ccc(Cl)cc2)c1. The highest BCUT2D eigenvalue weighted by Crippen LogP contribution is 2.27. The number of hydrogen-bond acceptors (Lipinski definition) is 4. The molecular weight excluding hydrogens is 436 g/mol. The van der Waals surface area contributed by atoms with Crippen LogP contribution in [0, 0.1) is 13.8 Å². The molecule has 1 N–H and O–H groups in total. The van der Waals surface area contributed by atoms with Crippen LogP contribution >= 0.6 is 11.6 Å². The Hall–Kier alpha value is -3.03. The molecule has 0 radical (unpaired) electrons. The van der Waals surface area contributed by atoms with Crippen LogP contribution in [0.4, 0.5) is 11.4 Å².